The maximum absolute atomic E-state index is 13.8. The average molecular weight is 549 g/mol. The number of carbonyl (C=O) groups excluding carboxylic acids is 2. The number of hydrogen-bond donors (Lipinski definition) is 1. The van der Waals surface area contributed by atoms with Gasteiger partial charge in [0.2, 0.25) is 11.8 Å². The Morgan fingerprint density at radius 2 is 1.61 bits per heavy atom. The van der Waals surface area contributed by atoms with Gasteiger partial charge in [-0.15, -0.1) is 11.8 Å². The van der Waals surface area contributed by atoms with Gasteiger partial charge in [-0.3, -0.25) is 9.59 Å². The number of carbonyl (C=O) groups is 2. The summed E-state index contributed by atoms with van der Waals surface area (Å²) in [7, 11) is 0. The summed E-state index contributed by atoms with van der Waals surface area (Å²) in [5, 5.41) is 4.01. The molecular formula is C32H37ClN2O2S. The van der Waals surface area contributed by atoms with Crippen LogP contribution in [0.2, 0.25) is 5.02 Å². The highest BCUT2D eigenvalue weighted by Crippen LogP contribution is 2.22. The van der Waals surface area contributed by atoms with Crippen LogP contribution in [0.25, 0.3) is 0 Å². The lowest BCUT2D eigenvalue weighted by Crippen LogP contribution is -2.53. The van der Waals surface area contributed by atoms with Gasteiger partial charge in [0, 0.05) is 29.8 Å². The van der Waals surface area contributed by atoms with E-state index in [1.165, 1.54) is 6.42 Å². The third-order valence-corrected chi connectivity index (χ3v) is 8.47. The van der Waals surface area contributed by atoms with E-state index in [1.807, 2.05) is 71.6 Å². The summed E-state index contributed by atoms with van der Waals surface area (Å²) in [6.45, 7) is 2.46. The van der Waals surface area contributed by atoms with Gasteiger partial charge in [0.1, 0.15) is 6.04 Å². The van der Waals surface area contributed by atoms with Crippen molar-refractivity contribution >= 4 is 35.2 Å². The predicted octanol–water partition coefficient (Wildman–Crippen LogP) is 6.97. The highest BCUT2D eigenvalue weighted by atomic mass is 35.5. The summed E-state index contributed by atoms with van der Waals surface area (Å²) >= 11 is 7.59. The van der Waals surface area contributed by atoms with E-state index >= 15 is 0 Å². The van der Waals surface area contributed by atoms with Crippen LogP contribution in [0, 0.1) is 6.92 Å². The minimum Gasteiger partial charge on any atom is -0.352 e. The van der Waals surface area contributed by atoms with Crippen molar-refractivity contribution in [2.45, 2.75) is 69.8 Å². The molecule has 1 aliphatic rings. The smallest absolute Gasteiger partial charge is 0.243 e. The zero-order chi connectivity index (χ0) is 26.7. The monoisotopic (exact) mass is 548 g/mol. The van der Waals surface area contributed by atoms with Crippen LogP contribution in [0.3, 0.4) is 0 Å². The Labute approximate surface area is 236 Å². The number of aryl methyl sites for hydroxylation is 1. The van der Waals surface area contributed by atoms with E-state index in [-0.39, 0.29) is 17.9 Å². The van der Waals surface area contributed by atoms with E-state index in [9.17, 15) is 9.59 Å². The second kappa shape index (κ2) is 14.4. The van der Waals surface area contributed by atoms with Crippen LogP contribution in [-0.2, 0) is 28.3 Å². The molecule has 200 valence electrons. The molecule has 0 radical (unpaired) electrons. The molecule has 0 bridgehead atoms. The Hall–Kier alpha value is -2.76. The molecule has 0 spiro atoms. The van der Waals surface area contributed by atoms with Crippen LogP contribution in [0.5, 0.6) is 0 Å². The largest absolute Gasteiger partial charge is 0.352 e. The number of nitrogens with one attached hydrogen (secondary N) is 1. The van der Waals surface area contributed by atoms with E-state index in [0.29, 0.717) is 29.5 Å². The lowest BCUT2D eigenvalue weighted by Gasteiger charge is -2.34. The molecule has 3 aromatic rings. The molecule has 0 heterocycles. The number of rotatable bonds is 11. The first-order chi connectivity index (χ1) is 18.5. The maximum atomic E-state index is 13.8. The Bertz CT molecular complexity index is 1180. The molecular weight excluding hydrogens is 512 g/mol. The molecule has 1 aliphatic carbocycles. The Morgan fingerprint density at radius 1 is 0.921 bits per heavy atom. The molecule has 0 unspecified atom stereocenters. The van der Waals surface area contributed by atoms with E-state index in [1.54, 1.807) is 11.8 Å². The maximum Gasteiger partial charge on any atom is 0.243 e. The van der Waals surface area contributed by atoms with E-state index in [2.05, 4.69) is 24.4 Å². The van der Waals surface area contributed by atoms with Gasteiger partial charge in [-0.05, 0) is 54.2 Å². The van der Waals surface area contributed by atoms with Gasteiger partial charge in [-0.2, -0.15) is 0 Å². The van der Waals surface area contributed by atoms with Crippen LogP contribution in [0.15, 0.2) is 78.9 Å². The fourth-order valence-corrected chi connectivity index (χ4v) is 5.99. The molecule has 38 heavy (non-hydrogen) atoms. The molecule has 0 aliphatic heterocycles. The zero-order valence-corrected chi connectivity index (χ0v) is 23.6. The number of thioether (sulfide) groups is 1. The number of nitrogens with zero attached hydrogens (tertiary/aromatic N) is 1. The van der Waals surface area contributed by atoms with Gasteiger partial charge in [0.15, 0.2) is 0 Å². The standard InChI is InChI=1S/C32H37ClN2O2S/c1-24-10-8-9-13-27(24)21-35(31(36)23-38-22-26-16-18-28(33)19-17-26)30(20-25-11-4-2-5-12-25)32(37)34-29-14-6-3-7-15-29/h2,4-5,8-13,16-19,29-30H,3,6-7,14-15,20-23H2,1H3,(H,34,37)/t30-/m0/s1. The Kier molecular flexibility index (Phi) is 10.7. The fraction of sp³-hybridized carbons (Fsp3) is 0.375. The topological polar surface area (TPSA) is 49.4 Å². The van der Waals surface area contributed by atoms with Crippen molar-refractivity contribution in [1.29, 1.82) is 0 Å². The first-order valence-corrected chi connectivity index (χ1v) is 15.0. The summed E-state index contributed by atoms with van der Waals surface area (Å²) in [4.78, 5) is 29.5. The Morgan fingerprint density at radius 3 is 2.32 bits per heavy atom. The molecule has 2 amide bonds. The highest BCUT2D eigenvalue weighted by molar-refractivity contribution is 7.99. The number of hydrogen-bond acceptors (Lipinski definition) is 3. The molecule has 1 saturated carbocycles. The summed E-state index contributed by atoms with van der Waals surface area (Å²) in [6, 6.07) is 25.4. The first-order valence-electron chi connectivity index (χ1n) is 13.5. The fourth-order valence-electron chi connectivity index (χ4n) is 4.99. The normalized spacial score (nSPS) is 14.6. The van der Waals surface area contributed by atoms with E-state index < -0.39 is 6.04 Å². The van der Waals surface area contributed by atoms with Crippen molar-refractivity contribution in [3.8, 4) is 0 Å². The van der Waals surface area contributed by atoms with Crippen LogP contribution < -0.4 is 5.32 Å². The number of halogens is 1. The average Bonchev–Trinajstić information content (AvgIpc) is 2.93. The molecule has 6 heteroatoms. The lowest BCUT2D eigenvalue weighted by atomic mass is 9.94. The minimum absolute atomic E-state index is 0.0214. The summed E-state index contributed by atoms with van der Waals surface area (Å²) in [5.41, 5.74) is 4.35. The molecule has 1 fully saturated rings. The van der Waals surface area contributed by atoms with E-state index in [4.69, 9.17) is 11.6 Å². The molecule has 3 aromatic carbocycles. The summed E-state index contributed by atoms with van der Waals surface area (Å²) in [5.74, 6) is 0.937. The van der Waals surface area contributed by atoms with Crippen LogP contribution >= 0.6 is 23.4 Å². The first kappa shape index (κ1) is 28.3. The van der Waals surface area contributed by atoms with Crippen molar-refractivity contribution < 1.29 is 9.59 Å². The lowest BCUT2D eigenvalue weighted by molar-refractivity contribution is -0.139. The minimum atomic E-state index is -0.581. The van der Waals surface area contributed by atoms with Crippen LogP contribution in [0.1, 0.15) is 54.4 Å². The van der Waals surface area contributed by atoms with Gasteiger partial charge >= 0.3 is 0 Å². The molecule has 0 saturated heterocycles. The molecule has 1 N–H and O–H groups in total. The van der Waals surface area contributed by atoms with Crippen molar-refractivity contribution in [2.75, 3.05) is 5.75 Å². The van der Waals surface area contributed by atoms with Gasteiger partial charge in [-0.25, -0.2) is 0 Å². The second-order valence-electron chi connectivity index (χ2n) is 10.1. The van der Waals surface area contributed by atoms with Gasteiger partial charge in [0.25, 0.3) is 0 Å². The Balaban J connectivity index is 1.56. The quantitative estimate of drug-likeness (QED) is 0.281. The SMILES string of the molecule is Cc1ccccc1CN(C(=O)CSCc1ccc(Cl)cc1)[C@@H](Cc1ccccc1)C(=O)NC1CCCCC1. The third kappa shape index (κ3) is 8.37. The predicted molar refractivity (Wildman–Crippen MR) is 158 cm³/mol. The van der Waals surface area contributed by atoms with Crippen molar-refractivity contribution in [3.05, 3.63) is 106 Å². The van der Waals surface area contributed by atoms with E-state index in [0.717, 1.165) is 47.9 Å². The summed E-state index contributed by atoms with van der Waals surface area (Å²) in [6.07, 6.45) is 6.00. The molecule has 0 aromatic heterocycles. The molecule has 4 nitrogen and oxygen atoms in total. The third-order valence-electron chi connectivity index (χ3n) is 7.23. The van der Waals surface area contributed by atoms with Gasteiger partial charge in [0.05, 0.1) is 5.75 Å². The summed E-state index contributed by atoms with van der Waals surface area (Å²) < 4.78 is 0. The van der Waals surface area contributed by atoms with Gasteiger partial charge < -0.3 is 10.2 Å². The highest BCUT2D eigenvalue weighted by Gasteiger charge is 2.32. The zero-order valence-electron chi connectivity index (χ0n) is 22.1. The number of benzene rings is 3. The van der Waals surface area contributed by atoms with Crippen molar-refractivity contribution in [3.63, 3.8) is 0 Å². The second-order valence-corrected chi connectivity index (χ2v) is 11.5. The van der Waals surface area contributed by atoms with Gasteiger partial charge in [-0.1, -0.05) is 97.6 Å². The molecule has 4 rings (SSSR count). The van der Waals surface area contributed by atoms with Crippen LogP contribution in [0.4, 0.5) is 0 Å². The van der Waals surface area contributed by atoms with Crippen molar-refractivity contribution in [2.24, 2.45) is 0 Å². The molecule has 1 atom stereocenters. The van der Waals surface area contributed by atoms with Crippen molar-refractivity contribution in [1.82, 2.24) is 10.2 Å². The number of amides is 2. The van der Waals surface area contributed by atoms with Crippen LogP contribution in [-0.4, -0.2) is 34.6 Å².